The quantitative estimate of drug-likeness (QED) is 0.884. The Morgan fingerprint density at radius 2 is 1.95 bits per heavy atom. The monoisotopic (exact) mass is 259 g/mol. The Morgan fingerprint density at radius 3 is 2.63 bits per heavy atom. The van der Waals surface area contributed by atoms with Crippen LogP contribution in [-0.4, -0.2) is 7.05 Å². The van der Waals surface area contributed by atoms with E-state index >= 15 is 0 Å². The van der Waals surface area contributed by atoms with Crippen LogP contribution in [0.5, 0.6) is 0 Å². The minimum atomic E-state index is 0.461. The van der Waals surface area contributed by atoms with Gasteiger partial charge in [0.25, 0.3) is 0 Å². The van der Waals surface area contributed by atoms with Gasteiger partial charge in [0, 0.05) is 6.04 Å². The molecule has 0 radical (unpaired) electrons. The lowest BCUT2D eigenvalue weighted by molar-refractivity contribution is 0.134. The van der Waals surface area contributed by atoms with E-state index in [4.69, 9.17) is 4.74 Å². The van der Waals surface area contributed by atoms with Gasteiger partial charge in [0.2, 0.25) is 0 Å². The molecule has 0 saturated heterocycles. The smallest absolute Gasteiger partial charge is 0.0725 e. The summed E-state index contributed by atoms with van der Waals surface area (Å²) < 4.78 is 5.54. The molecule has 2 nitrogen and oxygen atoms in total. The molecule has 104 valence electrons. The summed E-state index contributed by atoms with van der Waals surface area (Å²) in [6.45, 7) is 3.93. The van der Waals surface area contributed by atoms with Gasteiger partial charge in [0.05, 0.1) is 13.2 Å². The van der Waals surface area contributed by atoms with Crippen LogP contribution in [0.4, 0.5) is 0 Å². The molecule has 0 amide bonds. The van der Waals surface area contributed by atoms with Crippen molar-refractivity contribution >= 4 is 0 Å². The Bertz CT molecular complexity index is 449. The van der Waals surface area contributed by atoms with Gasteiger partial charge in [-0.3, -0.25) is 0 Å². The maximum absolute atomic E-state index is 5.54. The average Bonchev–Trinajstić information content (AvgIpc) is 3.08. The van der Waals surface area contributed by atoms with E-state index in [1.807, 2.05) is 0 Å². The lowest BCUT2D eigenvalue weighted by atomic mass is 9.73. The zero-order valence-corrected chi connectivity index (χ0v) is 12.2. The molecular formula is C17H25NO. The fraction of sp³-hybridized carbons (Fsp3) is 0.647. The summed E-state index contributed by atoms with van der Waals surface area (Å²) in [5, 5.41) is 3.60. The van der Waals surface area contributed by atoms with Crippen molar-refractivity contribution in [3.63, 3.8) is 0 Å². The molecule has 0 spiro atoms. The molecular weight excluding hydrogens is 234 g/mol. The van der Waals surface area contributed by atoms with E-state index in [0.29, 0.717) is 11.5 Å². The van der Waals surface area contributed by atoms with Crippen LogP contribution in [0.2, 0.25) is 0 Å². The van der Waals surface area contributed by atoms with Gasteiger partial charge in [-0.1, -0.05) is 38.0 Å². The van der Waals surface area contributed by atoms with Crippen LogP contribution in [0.25, 0.3) is 0 Å². The van der Waals surface area contributed by atoms with Gasteiger partial charge in [0.15, 0.2) is 0 Å². The van der Waals surface area contributed by atoms with Gasteiger partial charge >= 0.3 is 0 Å². The van der Waals surface area contributed by atoms with E-state index in [-0.39, 0.29) is 0 Å². The van der Waals surface area contributed by atoms with Gasteiger partial charge in [-0.05, 0) is 48.4 Å². The van der Waals surface area contributed by atoms with E-state index in [9.17, 15) is 0 Å². The standard InChI is InChI=1S/C17H25NO/c1-3-17(8-4-5-9-17)16(18-2)13-6-7-14-11-19-12-15(14)10-13/h6-7,10,16,18H,3-5,8-9,11-12H2,1-2H3. The molecule has 1 fully saturated rings. The largest absolute Gasteiger partial charge is 0.372 e. The fourth-order valence-corrected chi connectivity index (χ4v) is 4.12. The Kier molecular flexibility index (Phi) is 3.64. The molecule has 1 aromatic carbocycles. The van der Waals surface area contributed by atoms with Gasteiger partial charge in [-0.2, -0.15) is 0 Å². The molecule has 1 unspecified atom stereocenters. The van der Waals surface area contributed by atoms with Gasteiger partial charge in [0.1, 0.15) is 0 Å². The highest BCUT2D eigenvalue weighted by Gasteiger charge is 2.39. The lowest BCUT2D eigenvalue weighted by Gasteiger charge is -2.37. The maximum Gasteiger partial charge on any atom is 0.0725 e. The summed E-state index contributed by atoms with van der Waals surface area (Å²) in [5.74, 6) is 0. The second-order valence-corrected chi connectivity index (χ2v) is 6.17. The number of benzene rings is 1. The minimum absolute atomic E-state index is 0.461. The average molecular weight is 259 g/mol. The van der Waals surface area contributed by atoms with Crippen LogP contribution in [0, 0.1) is 5.41 Å². The molecule has 0 bridgehead atoms. The summed E-state index contributed by atoms with van der Waals surface area (Å²) in [4.78, 5) is 0. The van der Waals surface area contributed by atoms with E-state index in [1.54, 1.807) is 0 Å². The minimum Gasteiger partial charge on any atom is -0.372 e. The van der Waals surface area contributed by atoms with E-state index in [1.165, 1.54) is 48.8 Å². The molecule has 3 rings (SSSR count). The number of ether oxygens (including phenoxy) is 1. The molecule has 1 heterocycles. The fourth-order valence-electron chi connectivity index (χ4n) is 4.12. The van der Waals surface area contributed by atoms with Crippen LogP contribution in [0.3, 0.4) is 0 Å². The van der Waals surface area contributed by atoms with Gasteiger partial charge < -0.3 is 10.1 Å². The molecule has 1 atom stereocenters. The third kappa shape index (κ3) is 2.21. The predicted octanol–water partition coefficient (Wildman–Crippen LogP) is 3.95. The van der Waals surface area contributed by atoms with Crippen molar-refractivity contribution in [2.24, 2.45) is 5.41 Å². The topological polar surface area (TPSA) is 21.3 Å². The zero-order chi connectivity index (χ0) is 13.3. The van der Waals surface area contributed by atoms with Crippen molar-refractivity contribution < 1.29 is 4.74 Å². The Hall–Kier alpha value is -0.860. The summed E-state index contributed by atoms with van der Waals surface area (Å²) in [6.07, 6.45) is 6.78. The van der Waals surface area contributed by atoms with Gasteiger partial charge in [-0.25, -0.2) is 0 Å². The van der Waals surface area contributed by atoms with E-state index in [2.05, 4.69) is 37.5 Å². The second-order valence-electron chi connectivity index (χ2n) is 6.17. The molecule has 1 saturated carbocycles. The molecule has 2 aliphatic rings. The van der Waals surface area contributed by atoms with Crippen LogP contribution in [0.15, 0.2) is 18.2 Å². The molecule has 19 heavy (non-hydrogen) atoms. The van der Waals surface area contributed by atoms with Crippen molar-refractivity contribution in [3.8, 4) is 0 Å². The Morgan fingerprint density at radius 1 is 1.21 bits per heavy atom. The summed E-state index contributed by atoms with van der Waals surface area (Å²) in [6, 6.07) is 7.44. The number of hydrogen-bond donors (Lipinski definition) is 1. The normalized spacial score (nSPS) is 22.4. The first-order chi connectivity index (χ1) is 9.29. The molecule has 1 aliphatic carbocycles. The molecule has 1 aliphatic heterocycles. The number of nitrogens with one attached hydrogen (secondary N) is 1. The van der Waals surface area contributed by atoms with Crippen molar-refractivity contribution in [1.82, 2.24) is 5.32 Å². The SMILES string of the molecule is CCC1(C(NC)c2ccc3c(c2)COC3)CCCC1. The third-order valence-electron chi connectivity index (χ3n) is 5.28. The highest BCUT2D eigenvalue weighted by Crippen LogP contribution is 2.50. The van der Waals surface area contributed by atoms with Crippen molar-refractivity contribution in [3.05, 3.63) is 34.9 Å². The highest BCUT2D eigenvalue weighted by molar-refractivity contribution is 5.35. The van der Waals surface area contributed by atoms with Crippen LogP contribution in [0.1, 0.15) is 61.8 Å². The first-order valence-corrected chi connectivity index (χ1v) is 7.66. The Balaban J connectivity index is 1.93. The van der Waals surface area contributed by atoms with E-state index < -0.39 is 0 Å². The van der Waals surface area contributed by atoms with Crippen LogP contribution < -0.4 is 5.32 Å². The first kappa shape index (κ1) is 13.1. The summed E-state index contributed by atoms with van der Waals surface area (Å²) in [5.41, 5.74) is 4.68. The van der Waals surface area contributed by atoms with E-state index in [0.717, 1.165) is 13.2 Å². The third-order valence-corrected chi connectivity index (χ3v) is 5.28. The lowest BCUT2D eigenvalue weighted by Crippen LogP contribution is -2.34. The number of hydrogen-bond acceptors (Lipinski definition) is 2. The van der Waals surface area contributed by atoms with Crippen molar-refractivity contribution in [2.45, 2.75) is 58.3 Å². The van der Waals surface area contributed by atoms with Crippen molar-refractivity contribution in [2.75, 3.05) is 7.05 Å². The number of fused-ring (bicyclic) bond motifs is 1. The summed E-state index contributed by atoms with van der Waals surface area (Å²) in [7, 11) is 2.12. The summed E-state index contributed by atoms with van der Waals surface area (Å²) >= 11 is 0. The molecule has 1 aromatic rings. The van der Waals surface area contributed by atoms with Crippen LogP contribution >= 0.6 is 0 Å². The molecule has 1 N–H and O–H groups in total. The van der Waals surface area contributed by atoms with Crippen LogP contribution in [-0.2, 0) is 18.0 Å². The second kappa shape index (κ2) is 5.26. The van der Waals surface area contributed by atoms with Crippen molar-refractivity contribution in [1.29, 1.82) is 0 Å². The maximum atomic E-state index is 5.54. The molecule has 0 aromatic heterocycles. The highest BCUT2D eigenvalue weighted by atomic mass is 16.5. The first-order valence-electron chi connectivity index (χ1n) is 7.66. The predicted molar refractivity (Wildman–Crippen MR) is 77.9 cm³/mol. The zero-order valence-electron chi connectivity index (χ0n) is 12.2. The van der Waals surface area contributed by atoms with Gasteiger partial charge in [-0.15, -0.1) is 0 Å². The Labute approximate surface area is 116 Å². The molecule has 2 heteroatoms. The number of rotatable bonds is 4.